The van der Waals surface area contributed by atoms with Gasteiger partial charge in [-0.1, -0.05) is 30.3 Å². The predicted molar refractivity (Wildman–Crippen MR) is 63.1 cm³/mol. The van der Waals surface area contributed by atoms with Crippen LogP contribution in [-0.2, 0) is 20.7 Å². The number of ether oxygens (including phenoxy) is 1. The highest BCUT2D eigenvalue weighted by atomic mass is 16.5. The molecular weight excluding hydrogens is 204 g/mol. The van der Waals surface area contributed by atoms with Crippen molar-refractivity contribution in [3.8, 4) is 0 Å². The third-order valence-corrected chi connectivity index (χ3v) is 1.50. The van der Waals surface area contributed by atoms with Gasteiger partial charge in [-0.15, -0.1) is 0 Å². The summed E-state index contributed by atoms with van der Waals surface area (Å²) in [6.45, 7) is 5.31. The molecule has 0 atom stereocenters. The first-order valence-corrected chi connectivity index (χ1v) is 5.23. The maximum Gasteiger partial charge on any atom is 0.310 e. The summed E-state index contributed by atoms with van der Waals surface area (Å²) in [6, 6.07) is 9.58. The highest BCUT2D eigenvalue weighted by molar-refractivity contribution is 5.72. The molecule has 0 spiro atoms. The second kappa shape index (κ2) is 8.65. The monoisotopic (exact) mass is 222 g/mol. The summed E-state index contributed by atoms with van der Waals surface area (Å²) in [4.78, 5) is 20.4. The summed E-state index contributed by atoms with van der Waals surface area (Å²) in [6.07, 6.45) is 0.370. The molecule has 0 heterocycles. The van der Waals surface area contributed by atoms with E-state index in [-0.39, 0.29) is 11.8 Å². The number of esters is 1. The van der Waals surface area contributed by atoms with Crippen LogP contribution >= 0.6 is 0 Å². The Labute approximate surface area is 96.4 Å². The van der Waals surface area contributed by atoms with Gasteiger partial charge in [-0.05, 0) is 26.3 Å². The maximum atomic E-state index is 11.0. The Balaban J connectivity index is 0.000000487. The standard InChI is InChI=1S/C10H12O2.C3H6O/c1-2-12-10(11)8-9-6-4-3-5-7-9;1-3(2)4/h3-7H,2,8H2,1H3;1-2H3. The zero-order valence-corrected chi connectivity index (χ0v) is 10.0. The van der Waals surface area contributed by atoms with E-state index >= 15 is 0 Å². The van der Waals surface area contributed by atoms with Gasteiger partial charge in [-0.2, -0.15) is 0 Å². The van der Waals surface area contributed by atoms with Crippen molar-refractivity contribution in [2.24, 2.45) is 0 Å². The van der Waals surface area contributed by atoms with Crippen molar-refractivity contribution in [3.63, 3.8) is 0 Å². The van der Waals surface area contributed by atoms with E-state index in [0.29, 0.717) is 13.0 Å². The lowest BCUT2D eigenvalue weighted by atomic mass is 10.2. The molecule has 1 aromatic rings. The van der Waals surface area contributed by atoms with Crippen molar-refractivity contribution < 1.29 is 14.3 Å². The average Bonchev–Trinajstić information content (AvgIpc) is 2.18. The molecule has 0 aliphatic heterocycles. The second-order valence-corrected chi connectivity index (χ2v) is 3.38. The Morgan fingerprint density at radius 2 is 1.62 bits per heavy atom. The summed E-state index contributed by atoms with van der Waals surface area (Å²) < 4.78 is 4.81. The number of benzene rings is 1. The van der Waals surface area contributed by atoms with Gasteiger partial charge in [0.2, 0.25) is 0 Å². The Kier molecular flexibility index (Phi) is 7.76. The van der Waals surface area contributed by atoms with Crippen LogP contribution in [0, 0.1) is 0 Å². The number of carbonyl (C=O) groups excluding carboxylic acids is 2. The van der Waals surface area contributed by atoms with Gasteiger partial charge in [0.15, 0.2) is 0 Å². The largest absolute Gasteiger partial charge is 0.466 e. The highest BCUT2D eigenvalue weighted by Gasteiger charge is 2.01. The van der Waals surface area contributed by atoms with Gasteiger partial charge in [-0.3, -0.25) is 4.79 Å². The summed E-state index contributed by atoms with van der Waals surface area (Å²) in [5.74, 6) is 0.00343. The van der Waals surface area contributed by atoms with Crippen LogP contribution < -0.4 is 0 Å². The van der Waals surface area contributed by atoms with Crippen molar-refractivity contribution in [1.29, 1.82) is 0 Å². The smallest absolute Gasteiger partial charge is 0.310 e. The Morgan fingerprint density at radius 1 is 1.12 bits per heavy atom. The average molecular weight is 222 g/mol. The fourth-order valence-electron chi connectivity index (χ4n) is 0.975. The van der Waals surface area contributed by atoms with Crippen molar-refractivity contribution in [3.05, 3.63) is 35.9 Å². The van der Waals surface area contributed by atoms with Gasteiger partial charge in [0.25, 0.3) is 0 Å². The van der Waals surface area contributed by atoms with Crippen molar-refractivity contribution in [1.82, 2.24) is 0 Å². The number of hydrogen-bond acceptors (Lipinski definition) is 3. The maximum absolute atomic E-state index is 11.0. The molecule has 88 valence electrons. The summed E-state index contributed by atoms with van der Waals surface area (Å²) in [5.41, 5.74) is 0.996. The fraction of sp³-hybridized carbons (Fsp3) is 0.385. The molecular formula is C13H18O3. The van der Waals surface area contributed by atoms with Crippen LogP contribution in [0.25, 0.3) is 0 Å². The number of carbonyl (C=O) groups is 2. The number of ketones is 1. The summed E-state index contributed by atoms with van der Waals surface area (Å²) in [5, 5.41) is 0. The molecule has 0 aromatic heterocycles. The lowest BCUT2D eigenvalue weighted by molar-refractivity contribution is -0.142. The molecule has 0 fully saturated rings. The van der Waals surface area contributed by atoms with E-state index in [0.717, 1.165) is 5.56 Å². The van der Waals surface area contributed by atoms with E-state index in [4.69, 9.17) is 4.74 Å². The number of rotatable bonds is 3. The molecule has 3 heteroatoms. The van der Waals surface area contributed by atoms with Gasteiger partial charge >= 0.3 is 5.97 Å². The van der Waals surface area contributed by atoms with E-state index in [1.54, 1.807) is 0 Å². The summed E-state index contributed by atoms with van der Waals surface area (Å²) >= 11 is 0. The highest BCUT2D eigenvalue weighted by Crippen LogP contribution is 2.00. The molecule has 3 nitrogen and oxygen atoms in total. The van der Waals surface area contributed by atoms with Gasteiger partial charge in [0.1, 0.15) is 5.78 Å². The normalized spacial score (nSPS) is 8.69. The fourth-order valence-corrected chi connectivity index (χ4v) is 0.975. The first-order valence-electron chi connectivity index (χ1n) is 5.23. The minimum absolute atomic E-state index is 0.163. The van der Waals surface area contributed by atoms with Gasteiger partial charge in [0.05, 0.1) is 13.0 Å². The van der Waals surface area contributed by atoms with Crippen molar-refractivity contribution in [2.75, 3.05) is 6.61 Å². The molecule has 1 aromatic carbocycles. The molecule has 0 aliphatic carbocycles. The van der Waals surface area contributed by atoms with Crippen LogP contribution in [0.4, 0.5) is 0 Å². The first-order chi connectivity index (χ1) is 7.56. The number of Topliss-reactive ketones (excluding diaryl/α,β-unsaturated/α-hetero) is 1. The second-order valence-electron chi connectivity index (χ2n) is 3.38. The topological polar surface area (TPSA) is 43.4 Å². The molecule has 1 rings (SSSR count). The molecule has 0 bridgehead atoms. The zero-order chi connectivity index (χ0) is 12.4. The van der Waals surface area contributed by atoms with Crippen LogP contribution in [-0.4, -0.2) is 18.4 Å². The molecule has 0 amide bonds. The van der Waals surface area contributed by atoms with Gasteiger partial charge < -0.3 is 9.53 Å². The SMILES string of the molecule is CC(C)=O.CCOC(=O)Cc1ccccc1. The third kappa shape index (κ3) is 8.94. The molecule has 0 aliphatic rings. The van der Waals surface area contributed by atoms with E-state index in [1.807, 2.05) is 37.3 Å². The van der Waals surface area contributed by atoms with Crippen LogP contribution in [0.15, 0.2) is 30.3 Å². The molecule has 0 saturated carbocycles. The van der Waals surface area contributed by atoms with Crippen molar-refractivity contribution in [2.45, 2.75) is 27.2 Å². The van der Waals surface area contributed by atoms with Crippen molar-refractivity contribution >= 4 is 11.8 Å². The van der Waals surface area contributed by atoms with Crippen LogP contribution in [0.2, 0.25) is 0 Å². The molecule has 0 radical (unpaired) electrons. The molecule has 0 unspecified atom stereocenters. The molecule has 0 N–H and O–H groups in total. The Hall–Kier alpha value is -1.64. The van der Waals surface area contributed by atoms with Crippen LogP contribution in [0.3, 0.4) is 0 Å². The van der Waals surface area contributed by atoms with E-state index in [1.165, 1.54) is 13.8 Å². The summed E-state index contributed by atoms with van der Waals surface area (Å²) in [7, 11) is 0. The molecule has 16 heavy (non-hydrogen) atoms. The molecule has 0 saturated heterocycles. The Bertz CT molecular complexity index is 313. The minimum Gasteiger partial charge on any atom is -0.466 e. The third-order valence-electron chi connectivity index (χ3n) is 1.50. The van der Waals surface area contributed by atoms with Crippen LogP contribution in [0.1, 0.15) is 26.3 Å². The lowest BCUT2D eigenvalue weighted by Gasteiger charge is -2.00. The predicted octanol–water partition coefficient (Wildman–Crippen LogP) is 2.39. The van der Waals surface area contributed by atoms with E-state index < -0.39 is 0 Å². The number of hydrogen-bond donors (Lipinski definition) is 0. The van der Waals surface area contributed by atoms with Gasteiger partial charge in [-0.25, -0.2) is 0 Å². The minimum atomic E-state index is -0.163. The zero-order valence-electron chi connectivity index (χ0n) is 10.0. The Morgan fingerprint density at radius 3 is 2.06 bits per heavy atom. The quantitative estimate of drug-likeness (QED) is 0.737. The lowest BCUT2D eigenvalue weighted by Crippen LogP contribution is -2.06. The first kappa shape index (κ1) is 14.4. The van der Waals surface area contributed by atoms with Gasteiger partial charge in [0, 0.05) is 0 Å². The van der Waals surface area contributed by atoms with E-state index in [2.05, 4.69) is 0 Å². The van der Waals surface area contributed by atoms with E-state index in [9.17, 15) is 9.59 Å². The van der Waals surface area contributed by atoms with Crippen LogP contribution in [0.5, 0.6) is 0 Å².